The van der Waals surface area contributed by atoms with E-state index in [4.69, 9.17) is 6.42 Å². The maximum absolute atomic E-state index is 10.3. The average molecular weight is 223 g/mol. The zero-order valence-corrected chi connectivity index (χ0v) is 6.22. The third-order valence-electron chi connectivity index (χ3n) is 0.428. The van der Waals surface area contributed by atoms with E-state index in [9.17, 15) is 4.79 Å². The number of terminal acetylenes is 1. The zero-order valence-electron chi connectivity index (χ0n) is 4.73. The van der Waals surface area contributed by atoms with Gasteiger partial charge in [0.15, 0.2) is 0 Å². The fourth-order valence-electron chi connectivity index (χ4n) is 0.169. The van der Waals surface area contributed by atoms with Crippen LogP contribution in [0.5, 0.6) is 0 Å². The van der Waals surface area contributed by atoms with E-state index in [-0.39, 0.29) is 0 Å². The Hall–Kier alpha value is -1.11. The Balaban J connectivity index is 4.08. The first-order valence-electron chi connectivity index (χ1n) is 2.10. The second-order valence-corrected chi connectivity index (χ2v) is 1.35. The van der Waals surface area contributed by atoms with Gasteiger partial charge in [0.25, 0.3) is 0 Å². The number of hydrogen-bond donors (Lipinski definition) is 0. The Bertz CT molecular complexity index is 302. The monoisotopic (exact) mass is 222 g/mol. The third-order valence-corrected chi connectivity index (χ3v) is 0.729. The van der Waals surface area contributed by atoms with E-state index in [0.29, 0.717) is 0 Å². The van der Waals surface area contributed by atoms with Crippen molar-refractivity contribution >= 4 is 5.91 Å². The van der Waals surface area contributed by atoms with Gasteiger partial charge in [0.1, 0.15) is 0 Å². The van der Waals surface area contributed by atoms with Crippen LogP contribution in [0.25, 0.3) is 0 Å². The number of hydrogen-bond acceptors (Lipinski definition) is 1. The average Bonchev–Trinajstić information content (AvgIpc) is 1.98. The molecule has 0 spiro atoms. The molecule has 0 saturated heterocycles. The van der Waals surface area contributed by atoms with Crippen LogP contribution in [0.2, 0.25) is 0 Å². The summed E-state index contributed by atoms with van der Waals surface area (Å²) in [7, 11) is 0. The minimum absolute atomic E-state index is 0.579. The third kappa shape index (κ3) is 5.04. The fraction of sp³-hybridized carbons (Fsp3) is 0. The predicted octanol–water partition coefficient (Wildman–Crippen LogP) is -0.117. The topological polar surface area (TPSA) is 29.4 Å². The van der Waals surface area contributed by atoms with Crippen molar-refractivity contribution in [2.24, 2.45) is 3.34 Å². The molecule has 0 aromatic heterocycles. The van der Waals surface area contributed by atoms with Crippen LogP contribution in [0.4, 0.5) is 0 Å². The Kier molecular flexibility index (Phi) is 5.35. The second-order valence-electron chi connectivity index (χ2n) is 1.02. The van der Waals surface area contributed by atoms with Crippen molar-refractivity contribution in [2.45, 2.75) is 0 Å². The van der Waals surface area contributed by atoms with Gasteiger partial charge in [-0.25, -0.2) is 0 Å². The first kappa shape index (κ1) is 8.89. The van der Waals surface area contributed by atoms with Crippen molar-refractivity contribution in [1.82, 2.24) is 0 Å². The summed E-state index contributed by atoms with van der Waals surface area (Å²) in [5.41, 5.74) is 0. The molecule has 0 atom stereocenters. The van der Waals surface area contributed by atoms with Crippen LogP contribution in [-0.4, -0.2) is 5.91 Å². The van der Waals surface area contributed by atoms with Crippen molar-refractivity contribution in [3.8, 4) is 36.0 Å². The molecule has 0 fully saturated rings. The Morgan fingerprint density at radius 2 is 2.10 bits per heavy atom. The van der Waals surface area contributed by atoms with Crippen molar-refractivity contribution < 1.29 is 25.7 Å². The minimum atomic E-state index is -0.579. The number of carbonyl (C=O) groups excluding carboxylic acids is 1. The zero-order chi connectivity index (χ0) is 7.82. The van der Waals surface area contributed by atoms with Gasteiger partial charge in [0, 0.05) is 0 Å². The van der Waals surface area contributed by atoms with Crippen molar-refractivity contribution in [3.63, 3.8) is 0 Å². The molecule has 0 saturated carbocycles. The van der Waals surface area contributed by atoms with Gasteiger partial charge < -0.3 is 0 Å². The molecule has 0 aromatic carbocycles. The van der Waals surface area contributed by atoms with Crippen molar-refractivity contribution in [2.75, 3.05) is 0 Å². The first-order chi connectivity index (χ1) is 4.81. The van der Waals surface area contributed by atoms with E-state index in [1.165, 1.54) is 0 Å². The quantitative estimate of drug-likeness (QED) is 0.416. The van der Waals surface area contributed by atoms with E-state index in [0.717, 1.165) is 0 Å². The molecular weight excluding hydrogens is 222 g/mol. The van der Waals surface area contributed by atoms with E-state index >= 15 is 0 Å². The predicted molar refractivity (Wildman–Crippen MR) is 31.8 cm³/mol. The molecule has 0 aliphatic rings. The van der Waals surface area contributed by atoms with Crippen molar-refractivity contribution in [3.05, 3.63) is 0 Å². The van der Waals surface area contributed by atoms with Crippen LogP contribution in [0.3, 0.4) is 0 Å². The number of nitrogens with zero attached hydrogens (tertiary/aromatic N) is 1. The van der Waals surface area contributed by atoms with E-state index < -0.39 is 5.91 Å². The van der Waals surface area contributed by atoms with Gasteiger partial charge >= 0.3 is 71.0 Å². The maximum atomic E-state index is 10.3. The normalized spacial score (nSPS) is 5.30. The molecule has 0 aliphatic carbocycles. The SMILES string of the molecule is C#CC#CC#CC(=O)[N]=[Ag]. The molecule has 3 heteroatoms. The summed E-state index contributed by atoms with van der Waals surface area (Å²) < 4.78 is 3.06. The molecule has 0 bridgehead atoms. The van der Waals surface area contributed by atoms with Crippen LogP contribution in [0, 0.1) is 36.0 Å². The van der Waals surface area contributed by atoms with Crippen molar-refractivity contribution in [1.29, 1.82) is 0 Å². The second kappa shape index (κ2) is 6.02. The van der Waals surface area contributed by atoms with Gasteiger partial charge in [-0.05, 0) is 0 Å². The van der Waals surface area contributed by atoms with Gasteiger partial charge in [0.2, 0.25) is 0 Å². The van der Waals surface area contributed by atoms with Crippen LogP contribution < -0.4 is 0 Å². The Morgan fingerprint density at radius 3 is 2.60 bits per heavy atom. The molecule has 10 heavy (non-hydrogen) atoms. The van der Waals surface area contributed by atoms with Gasteiger partial charge in [-0.15, -0.1) is 0 Å². The molecule has 0 aliphatic heterocycles. The Morgan fingerprint density at radius 1 is 1.40 bits per heavy atom. The molecule has 51 valence electrons. The summed E-state index contributed by atoms with van der Waals surface area (Å²) in [5.74, 6) is 10.2. The van der Waals surface area contributed by atoms with Gasteiger partial charge in [0.05, 0.1) is 0 Å². The molecular formula is C7HAgNO. The fourth-order valence-corrected chi connectivity index (χ4v) is 0.252. The van der Waals surface area contributed by atoms with Crippen LogP contribution in [-0.2, 0) is 25.7 Å². The Labute approximate surface area is 71.2 Å². The molecule has 2 nitrogen and oxygen atoms in total. The summed E-state index contributed by atoms with van der Waals surface area (Å²) in [6.45, 7) is 0. The van der Waals surface area contributed by atoms with Crippen LogP contribution >= 0.6 is 0 Å². The standard InChI is InChI=1S/C7HNO.Ag/c1-2-3-4-5-6-7(8)9;/h1H;. The molecule has 0 N–H and O–H groups in total. The van der Waals surface area contributed by atoms with Crippen LogP contribution in [0.15, 0.2) is 3.34 Å². The molecule has 0 unspecified atom stereocenters. The summed E-state index contributed by atoms with van der Waals surface area (Å²) in [6, 6.07) is 0. The van der Waals surface area contributed by atoms with Gasteiger partial charge in [-0.2, -0.15) is 0 Å². The number of carbonyl (C=O) groups is 1. The summed E-state index contributed by atoms with van der Waals surface area (Å²) >= 11 is 2.58. The van der Waals surface area contributed by atoms with E-state index in [2.05, 4.69) is 47.9 Å². The number of amides is 1. The number of rotatable bonds is 0. The summed E-state index contributed by atoms with van der Waals surface area (Å²) in [6.07, 6.45) is 4.77. The van der Waals surface area contributed by atoms with Gasteiger partial charge in [-0.3, -0.25) is 0 Å². The summed E-state index contributed by atoms with van der Waals surface area (Å²) in [5, 5.41) is 0. The molecule has 0 radical (unpaired) electrons. The molecule has 0 rings (SSSR count). The van der Waals surface area contributed by atoms with E-state index in [1.54, 1.807) is 0 Å². The van der Waals surface area contributed by atoms with Crippen LogP contribution in [0.1, 0.15) is 0 Å². The molecule has 1 amide bonds. The molecule has 0 aromatic rings. The molecule has 0 heterocycles. The first-order valence-corrected chi connectivity index (χ1v) is 2.76. The van der Waals surface area contributed by atoms with Gasteiger partial charge in [-0.1, -0.05) is 0 Å². The summed E-state index contributed by atoms with van der Waals surface area (Å²) in [4.78, 5) is 10.3. The van der Waals surface area contributed by atoms with E-state index in [1.807, 2.05) is 5.92 Å².